The number of methoxy groups -OCH3 is 1. The molecule has 0 bridgehead atoms. The summed E-state index contributed by atoms with van der Waals surface area (Å²) in [7, 11) is 1.71. The Bertz CT molecular complexity index is 1150. The highest BCUT2D eigenvalue weighted by molar-refractivity contribution is 9.11. The second-order valence-electron chi connectivity index (χ2n) is 6.20. The van der Waals surface area contributed by atoms with Gasteiger partial charge in [0.05, 0.1) is 22.7 Å². The van der Waals surface area contributed by atoms with Crippen molar-refractivity contribution in [1.29, 1.82) is 0 Å². The van der Waals surface area contributed by atoms with E-state index in [1.54, 1.807) is 7.11 Å². The molecule has 27 heavy (non-hydrogen) atoms. The van der Waals surface area contributed by atoms with E-state index in [4.69, 9.17) is 9.47 Å². The van der Waals surface area contributed by atoms with Crippen LogP contribution in [0.1, 0.15) is 6.92 Å². The van der Waals surface area contributed by atoms with E-state index < -0.39 is 0 Å². The van der Waals surface area contributed by atoms with Crippen molar-refractivity contribution in [2.75, 3.05) is 13.7 Å². The second-order valence-corrected chi connectivity index (χ2v) is 7.91. The van der Waals surface area contributed by atoms with Crippen LogP contribution >= 0.6 is 31.9 Å². The molecule has 0 aliphatic rings. The molecular weight excluding hydrogens is 468 g/mol. The predicted octanol–water partition coefficient (Wildman–Crippen LogP) is 7.59. The first-order chi connectivity index (χ1) is 13.2. The minimum atomic E-state index is 0.582. The van der Waals surface area contributed by atoms with Gasteiger partial charge in [-0.3, -0.25) is 0 Å². The topological polar surface area (TPSA) is 18.5 Å². The molecule has 0 amide bonds. The van der Waals surface area contributed by atoms with E-state index in [0.717, 1.165) is 53.1 Å². The van der Waals surface area contributed by atoms with Gasteiger partial charge in [-0.1, -0.05) is 48.5 Å². The van der Waals surface area contributed by atoms with Gasteiger partial charge in [0, 0.05) is 11.1 Å². The minimum absolute atomic E-state index is 0.582. The lowest BCUT2D eigenvalue weighted by Crippen LogP contribution is -1.99. The van der Waals surface area contributed by atoms with Crippen molar-refractivity contribution in [2.45, 2.75) is 6.92 Å². The molecule has 0 radical (unpaired) electrons. The van der Waals surface area contributed by atoms with Gasteiger partial charge >= 0.3 is 0 Å². The normalized spacial score (nSPS) is 11.1. The van der Waals surface area contributed by atoms with Crippen LogP contribution in [-0.4, -0.2) is 13.7 Å². The Morgan fingerprint density at radius 1 is 0.741 bits per heavy atom. The molecule has 4 aromatic rings. The van der Waals surface area contributed by atoms with Gasteiger partial charge in [-0.15, -0.1) is 0 Å². The van der Waals surface area contributed by atoms with Crippen molar-refractivity contribution in [2.24, 2.45) is 0 Å². The van der Waals surface area contributed by atoms with Crippen molar-refractivity contribution in [1.82, 2.24) is 0 Å². The maximum Gasteiger partial charge on any atom is 0.142 e. The van der Waals surface area contributed by atoms with Crippen LogP contribution in [0.3, 0.4) is 0 Å². The van der Waals surface area contributed by atoms with Crippen LogP contribution in [0, 0.1) is 0 Å². The van der Waals surface area contributed by atoms with E-state index >= 15 is 0 Å². The maximum absolute atomic E-state index is 6.10. The van der Waals surface area contributed by atoms with Gasteiger partial charge < -0.3 is 9.47 Å². The van der Waals surface area contributed by atoms with Gasteiger partial charge in [-0.2, -0.15) is 0 Å². The zero-order chi connectivity index (χ0) is 19.0. The monoisotopic (exact) mass is 484 g/mol. The molecule has 0 aliphatic heterocycles. The Balaban J connectivity index is 2.25. The number of fused-ring (bicyclic) bond motifs is 2. The van der Waals surface area contributed by atoms with Crippen molar-refractivity contribution < 1.29 is 9.47 Å². The van der Waals surface area contributed by atoms with E-state index in [2.05, 4.69) is 86.5 Å². The fourth-order valence-electron chi connectivity index (χ4n) is 3.57. The molecule has 0 unspecified atom stereocenters. The van der Waals surface area contributed by atoms with Crippen LogP contribution in [0.2, 0.25) is 0 Å². The van der Waals surface area contributed by atoms with E-state index in [-0.39, 0.29) is 0 Å². The Labute approximate surface area is 175 Å². The third kappa shape index (κ3) is 3.11. The summed E-state index contributed by atoms with van der Waals surface area (Å²) < 4.78 is 13.8. The summed E-state index contributed by atoms with van der Waals surface area (Å²) in [5.74, 6) is 1.63. The third-order valence-electron chi connectivity index (χ3n) is 4.66. The number of hydrogen-bond acceptors (Lipinski definition) is 2. The summed E-state index contributed by atoms with van der Waals surface area (Å²) in [6.45, 7) is 2.58. The summed E-state index contributed by atoms with van der Waals surface area (Å²) in [6.07, 6.45) is 0. The molecule has 0 heterocycles. The van der Waals surface area contributed by atoms with Crippen LogP contribution < -0.4 is 9.47 Å². The van der Waals surface area contributed by atoms with Crippen LogP contribution in [0.5, 0.6) is 11.5 Å². The van der Waals surface area contributed by atoms with Crippen LogP contribution in [0.25, 0.3) is 32.7 Å². The van der Waals surface area contributed by atoms with Gasteiger partial charge in [0.25, 0.3) is 0 Å². The highest BCUT2D eigenvalue weighted by Gasteiger charge is 2.22. The van der Waals surface area contributed by atoms with Gasteiger partial charge in [-0.05, 0) is 72.5 Å². The summed E-state index contributed by atoms with van der Waals surface area (Å²) in [6, 6.07) is 20.9. The Morgan fingerprint density at radius 3 is 1.74 bits per heavy atom. The molecule has 4 aromatic carbocycles. The Morgan fingerprint density at radius 2 is 1.22 bits per heavy atom. The summed E-state index contributed by atoms with van der Waals surface area (Å²) in [5, 5.41) is 4.55. The molecule has 0 aliphatic carbocycles. The standard InChI is InChI=1S/C23H18Br2O2/c1-3-27-23-19(25)13-15-9-5-7-11-17(15)21(23)20-16-10-6-4-8-14(16)12-18(24)22(20)26-2/h4-13H,3H2,1-2H3. The molecule has 0 spiro atoms. The van der Waals surface area contributed by atoms with Crippen molar-refractivity contribution in [3.63, 3.8) is 0 Å². The largest absolute Gasteiger partial charge is 0.495 e. The zero-order valence-corrected chi connectivity index (χ0v) is 18.2. The van der Waals surface area contributed by atoms with Crippen molar-refractivity contribution in [3.05, 3.63) is 69.6 Å². The molecule has 0 atom stereocenters. The Kier molecular flexibility index (Phi) is 5.11. The van der Waals surface area contributed by atoms with E-state index in [0.29, 0.717) is 6.61 Å². The highest BCUT2D eigenvalue weighted by atomic mass is 79.9. The van der Waals surface area contributed by atoms with Crippen molar-refractivity contribution in [3.8, 4) is 22.6 Å². The minimum Gasteiger partial charge on any atom is -0.495 e. The quantitative estimate of drug-likeness (QED) is 0.296. The molecule has 0 N–H and O–H groups in total. The van der Waals surface area contributed by atoms with Gasteiger partial charge in [0.15, 0.2) is 0 Å². The molecular formula is C23H18Br2O2. The average Bonchev–Trinajstić information content (AvgIpc) is 2.68. The van der Waals surface area contributed by atoms with E-state index in [1.807, 2.05) is 13.0 Å². The SMILES string of the molecule is CCOc1c(Br)cc2ccccc2c1-c1c(OC)c(Br)cc2ccccc12. The molecule has 4 heteroatoms. The number of hydrogen-bond donors (Lipinski definition) is 0. The molecule has 0 saturated carbocycles. The molecule has 0 fully saturated rings. The summed E-state index contributed by atoms with van der Waals surface area (Å²) >= 11 is 7.41. The maximum atomic E-state index is 6.10. The Hall–Kier alpha value is -2.04. The summed E-state index contributed by atoms with van der Waals surface area (Å²) in [4.78, 5) is 0. The van der Waals surface area contributed by atoms with Crippen LogP contribution in [-0.2, 0) is 0 Å². The molecule has 2 nitrogen and oxygen atoms in total. The molecule has 0 aromatic heterocycles. The second kappa shape index (κ2) is 7.53. The lowest BCUT2D eigenvalue weighted by molar-refractivity contribution is 0.339. The van der Waals surface area contributed by atoms with Gasteiger partial charge in [-0.25, -0.2) is 0 Å². The number of ether oxygens (including phenoxy) is 2. The number of rotatable bonds is 4. The first-order valence-corrected chi connectivity index (χ1v) is 10.3. The first kappa shape index (κ1) is 18.3. The van der Waals surface area contributed by atoms with E-state index in [9.17, 15) is 0 Å². The lowest BCUT2D eigenvalue weighted by Gasteiger charge is -2.20. The zero-order valence-electron chi connectivity index (χ0n) is 15.1. The summed E-state index contributed by atoms with van der Waals surface area (Å²) in [5.41, 5.74) is 2.07. The smallest absolute Gasteiger partial charge is 0.142 e. The first-order valence-electron chi connectivity index (χ1n) is 8.75. The van der Waals surface area contributed by atoms with Crippen molar-refractivity contribution >= 4 is 53.4 Å². The fraction of sp³-hybridized carbons (Fsp3) is 0.130. The van der Waals surface area contributed by atoms with Crippen LogP contribution in [0.4, 0.5) is 0 Å². The lowest BCUT2D eigenvalue weighted by atomic mass is 9.92. The van der Waals surface area contributed by atoms with Crippen LogP contribution in [0.15, 0.2) is 69.6 Å². The molecule has 136 valence electrons. The third-order valence-corrected chi connectivity index (χ3v) is 5.83. The average molecular weight is 486 g/mol. The van der Waals surface area contributed by atoms with Gasteiger partial charge in [0.1, 0.15) is 11.5 Å². The number of benzene rings is 4. The molecule has 0 saturated heterocycles. The molecule has 4 rings (SSSR count). The van der Waals surface area contributed by atoms with E-state index in [1.165, 1.54) is 0 Å². The van der Waals surface area contributed by atoms with Gasteiger partial charge in [0.2, 0.25) is 0 Å². The predicted molar refractivity (Wildman–Crippen MR) is 120 cm³/mol. The fourth-order valence-corrected chi connectivity index (χ4v) is 4.74. The highest BCUT2D eigenvalue weighted by Crippen LogP contribution is 2.50. The number of halogens is 2.